The fraction of sp³-hybridized carbons (Fsp3) is 0.600. The quantitative estimate of drug-likeness (QED) is 0.446. The van der Waals surface area contributed by atoms with E-state index in [0.717, 1.165) is 35.5 Å². The highest BCUT2D eigenvalue weighted by Crippen LogP contribution is 2.66. The Balaban J connectivity index is 1.74. The number of hydrogen-bond acceptors (Lipinski definition) is 0. The summed E-state index contributed by atoms with van der Waals surface area (Å²) in [7, 11) is 0. The van der Waals surface area contributed by atoms with E-state index >= 15 is 0 Å². The normalized spacial score (nSPS) is 56.7. The van der Waals surface area contributed by atoms with Crippen LogP contribution in [0.25, 0.3) is 0 Å². The van der Waals surface area contributed by atoms with Gasteiger partial charge in [-0.05, 0) is 54.8 Å². The summed E-state index contributed by atoms with van der Waals surface area (Å²) >= 11 is 0. The Kier molecular flexibility index (Phi) is 1.49. The molecular weight excluding hydrogens is 180 g/mol. The fourth-order valence-corrected chi connectivity index (χ4v) is 5.18. The van der Waals surface area contributed by atoms with Crippen molar-refractivity contribution in [3.05, 3.63) is 36.5 Å². The first-order chi connectivity index (χ1) is 7.38. The second-order valence-electron chi connectivity index (χ2n) is 5.89. The van der Waals surface area contributed by atoms with Crippen molar-refractivity contribution in [3.63, 3.8) is 0 Å². The summed E-state index contributed by atoms with van der Waals surface area (Å²) in [4.78, 5) is 0. The Labute approximate surface area is 91.8 Å². The minimum Gasteiger partial charge on any atom is -0.0991 e. The Hall–Kier alpha value is -0.780. The van der Waals surface area contributed by atoms with Gasteiger partial charge >= 0.3 is 0 Å². The predicted octanol–water partition coefficient (Wildman–Crippen LogP) is 3.58. The van der Waals surface area contributed by atoms with Gasteiger partial charge < -0.3 is 0 Å². The monoisotopic (exact) mass is 198 g/mol. The first-order valence-electron chi connectivity index (χ1n) is 6.38. The van der Waals surface area contributed by atoms with Gasteiger partial charge in [-0.3, -0.25) is 0 Å². The molecule has 4 rings (SSSR count). The molecule has 0 aromatic carbocycles. The van der Waals surface area contributed by atoms with Gasteiger partial charge in [0.15, 0.2) is 0 Å². The number of allylic oxidation sites excluding steroid dienone is 5. The molecule has 0 aromatic heterocycles. The average Bonchev–Trinajstić information content (AvgIpc) is 2.95. The molecule has 3 saturated carbocycles. The lowest BCUT2D eigenvalue weighted by atomic mass is 9.71. The van der Waals surface area contributed by atoms with Crippen LogP contribution in [0, 0.1) is 35.5 Å². The maximum atomic E-state index is 3.85. The average molecular weight is 198 g/mol. The topological polar surface area (TPSA) is 0 Å². The highest BCUT2D eigenvalue weighted by Gasteiger charge is 2.59. The smallest absolute Gasteiger partial charge is 0.0160 e. The second-order valence-corrected chi connectivity index (χ2v) is 5.89. The molecule has 6 atom stereocenters. The molecule has 15 heavy (non-hydrogen) atoms. The summed E-state index contributed by atoms with van der Waals surface area (Å²) in [5.74, 6) is 5.92. The van der Waals surface area contributed by atoms with Crippen LogP contribution in [0.3, 0.4) is 0 Å². The lowest BCUT2D eigenvalue weighted by Crippen LogP contribution is -2.27. The largest absolute Gasteiger partial charge is 0.0991 e. The summed E-state index contributed by atoms with van der Waals surface area (Å²) in [5, 5.41) is 0. The van der Waals surface area contributed by atoms with E-state index in [2.05, 4.69) is 24.8 Å². The number of hydrogen-bond donors (Lipinski definition) is 0. The summed E-state index contributed by atoms with van der Waals surface area (Å²) in [6, 6.07) is 0. The Morgan fingerprint density at radius 1 is 1.13 bits per heavy atom. The highest BCUT2D eigenvalue weighted by atomic mass is 14.6. The molecule has 0 aromatic rings. The van der Waals surface area contributed by atoms with Crippen molar-refractivity contribution in [1.82, 2.24) is 0 Å². The van der Waals surface area contributed by atoms with Crippen molar-refractivity contribution in [2.24, 2.45) is 35.5 Å². The van der Waals surface area contributed by atoms with Gasteiger partial charge in [-0.1, -0.05) is 36.5 Å². The van der Waals surface area contributed by atoms with Gasteiger partial charge in [0.05, 0.1) is 0 Å². The van der Waals surface area contributed by atoms with Crippen molar-refractivity contribution in [1.29, 1.82) is 0 Å². The third kappa shape index (κ3) is 0.891. The van der Waals surface area contributed by atoms with Crippen LogP contribution < -0.4 is 0 Å². The van der Waals surface area contributed by atoms with E-state index in [1.807, 2.05) is 6.08 Å². The maximum absolute atomic E-state index is 3.85. The molecule has 4 aliphatic rings. The Morgan fingerprint density at radius 3 is 2.73 bits per heavy atom. The minimum absolute atomic E-state index is 0.929. The molecule has 0 heterocycles. The molecule has 0 heteroatoms. The van der Waals surface area contributed by atoms with E-state index in [-0.39, 0.29) is 0 Å². The first kappa shape index (κ1) is 8.38. The minimum atomic E-state index is 0.929. The lowest BCUT2D eigenvalue weighted by Gasteiger charge is -2.33. The first-order valence-corrected chi connectivity index (χ1v) is 6.38. The standard InChI is InChI=1S/C15H18/c1-2-3-9-6-12-8-13(9)15-11-5-4-10(7-11)14(12)15/h2-5,10-15H,1,6-8H2. The molecule has 0 radical (unpaired) electrons. The molecule has 0 aliphatic heterocycles. The highest BCUT2D eigenvalue weighted by molar-refractivity contribution is 5.30. The molecular formula is C15H18. The zero-order valence-electron chi connectivity index (χ0n) is 9.10. The van der Waals surface area contributed by atoms with Crippen LogP contribution in [0.2, 0.25) is 0 Å². The molecule has 4 aliphatic carbocycles. The van der Waals surface area contributed by atoms with E-state index in [1.54, 1.807) is 5.57 Å². The van der Waals surface area contributed by atoms with E-state index in [1.165, 1.54) is 19.3 Å². The summed E-state index contributed by atoms with van der Waals surface area (Å²) < 4.78 is 0. The van der Waals surface area contributed by atoms with Crippen molar-refractivity contribution >= 4 is 0 Å². The molecule has 0 nitrogen and oxygen atoms in total. The van der Waals surface area contributed by atoms with Gasteiger partial charge in [-0.25, -0.2) is 0 Å². The predicted molar refractivity (Wildman–Crippen MR) is 62.2 cm³/mol. The molecule has 6 unspecified atom stereocenters. The van der Waals surface area contributed by atoms with Gasteiger partial charge in [0.25, 0.3) is 0 Å². The molecule has 0 amide bonds. The number of fused-ring (bicyclic) bond motifs is 9. The summed E-state index contributed by atoms with van der Waals surface area (Å²) in [5.41, 5.74) is 1.72. The number of rotatable bonds is 1. The summed E-state index contributed by atoms with van der Waals surface area (Å²) in [6.45, 7) is 3.85. The van der Waals surface area contributed by atoms with E-state index in [0.29, 0.717) is 0 Å². The van der Waals surface area contributed by atoms with E-state index < -0.39 is 0 Å². The van der Waals surface area contributed by atoms with E-state index in [4.69, 9.17) is 0 Å². The maximum Gasteiger partial charge on any atom is -0.0160 e. The van der Waals surface area contributed by atoms with Crippen LogP contribution in [0.15, 0.2) is 36.5 Å². The van der Waals surface area contributed by atoms with Crippen LogP contribution in [0.4, 0.5) is 0 Å². The van der Waals surface area contributed by atoms with Crippen molar-refractivity contribution in [2.75, 3.05) is 0 Å². The lowest BCUT2D eigenvalue weighted by molar-refractivity contribution is 0.243. The van der Waals surface area contributed by atoms with Crippen LogP contribution >= 0.6 is 0 Å². The molecule has 3 fully saturated rings. The summed E-state index contributed by atoms with van der Waals surface area (Å²) in [6.07, 6.45) is 13.7. The van der Waals surface area contributed by atoms with E-state index in [9.17, 15) is 0 Å². The van der Waals surface area contributed by atoms with Crippen LogP contribution in [0.1, 0.15) is 19.3 Å². The Morgan fingerprint density at radius 2 is 1.93 bits per heavy atom. The van der Waals surface area contributed by atoms with Gasteiger partial charge in [-0.2, -0.15) is 0 Å². The zero-order valence-corrected chi connectivity index (χ0v) is 9.10. The SMILES string of the molecule is C=CC=C1CC2CC1C1C3C=CC(C3)C21. The molecule has 4 bridgehead atoms. The molecule has 78 valence electrons. The third-order valence-electron chi connectivity index (χ3n) is 5.45. The molecule has 0 N–H and O–H groups in total. The van der Waals surface area contributed by atoms with Gasteiger partial charge in [0, 0.05) is 0 Å². The van der Waals surface area contributed by atoms with Gasteiger partial charge in [0.1, 0.15) is 0 Å². The van der Waals surface area contributed by atoms with Crippen molar-refractivity contribution < 1.29 is 0 Å². The van der Waals surface area contributed by atoms with Gasteiger partial charge in [-0.15, -0.1) is 0 Å². The van der Waals surface area contributed by atoms with Crippen molar-refractivity contribution in [2.45, 2.75) is 19.3 Å². The fourth-order valence-electron chi connectivity index (χ4n) is 5.18. The Bertz CT molecular complexity index is 373. The van der Waals surface area contributed by atoms with Crippen LogP contribution in [0.5, 0.6) is 0 Å². The van der Waals surface area contributed by atoms with Crippen LogP contribution in [-0.2, 0) is 0 Å². The van der Waals surface area contributed by atoms with Crippen molar-refractivity contribution in [3.8, 4) is 0 Å². The van der Waals surface area contributed by atoms with Crippen LogP contribution in [-0.4, -0.2) is 0 Å². The zero-order chi connectivity index (χ0) is 9.99. The third-order valence-corrected chi connectivity index (χ3v) is 5.45. The second kappa shape index (κ2) is 2.66. The van der Waals surface area contributed by atoms with Gasteiger partial charge in [0.2, 0.25) is 0 Å². The molecule has 0 saturated heterocycles. The molecule has 0 spiro atoms.